The van der Waals surface area contributed by atoms with Gasteiger partial charge in [-0.1, -0.05) is 0 Å². The summed E-state index contributed by atoms with van der Waals surface area (Å²) in [5.74, 6) is -0.642. The SMILES string of the molecule is Nc1cc(S(=O)(=O)NCc2cncs2)ccc1F. The molecular weight excluding hydrogens is 277 g/mol. The van der Waals surface area contributed by atoms with Gasteiger partial charge in [-0.05, 0) is 18.2 Å². The summed E-state index contributed by atoms with van der Waals surface area (Å²) in [4.78, 5) is 4.56. The highest BCUT2D eigenvalue weighted by Crippen LogP contribution is 2.17. The molecule has 0 aliphatic carbocycles. The van der Waals surface area contributed by atoms with Crippen LogP contribution < -0.4 is 10.5 Å². The van der Waals surface area contributed by atoms with Crippen LogP contribution in [0.3, 0.4) is 0 Å². The summed E-state index contributed by atoms with van der Waals surface area (Å²) in [6.45, 7) is 0.143. The number of hydrogen-bond acceptors (Lipinski definition) is 5. The first-order chi connectivity index (χ1) is 8.49. The highest BCUT2D eigenvalue weighted by atomic mass is 32.2. The molecule has 8 heteroatoms. The van der Waals surface area contributed by atoms with Crippen LogP contribution in [0.2, 0.25) is 0 Å². The Kier molecular flexibility index (Phi) is 3.60. The Morgan fingerprint density at radius 3 is 2.83 bits per heavy atom. The van der Waals surface area contributed by atoms with Crippen LogP contribution >= 0.6 is 11.3 Å². The molecule has 0 saturated heterocycles. The molecule has 0 spiro atoms. The van der Waals surface area contributed by atoms with Crippen LogP contribution in [0, 0.1) is 5.82 Å². The first-order valence-corrected chi connectivity index (χ1v) is 7.27. The van der Waals surface area contributed by atoms with Gasteiger partial charge in [-0.15, -0.1) is 11.3 Å². The van der Waals surface area contributed by atoms with E-state index in [1.54, 1.807) is 11.7 Å². The molecule has 5 nitrogen and oxygen atoms in total. The van der Waals surface area contributed by atoms with E-state index >= 15 is 0 Å². The van der Waals surface area contributed by atoms with Crippen molar-refractivity contribution in [2.24, 2.45) is 0 Å². The van der Waals surface area contributed by atoms with E-state index in [2.05, 4.69) is 9.71 Å². The van der Waals surface area contributed by atoms with Crippen LogP contribution in [-0.2, 0) is 16.6 Å². The lowest BCUT2D eigenvalue weighted by Gasteiger charge is -2.06. The molecule has 0 amide bonds. The van der Waals surface area contributed by atoms with E-state index in [1.807, 2.05) is 0 Å². The second-order valence-corrected chi connectivity index (χ2v) is 6.21. The average molecular weight is 287 g/mol. The number of sulfonamides is 1. The van der Waals surface area contributed by atoms with Gasteiger partial charge in [0.15, 0.2) is 0 Å². The Morgan fingerprint density at radius 2 is 2.22 bits per heavy atom. The highest BCUT2D eigenvalue weighted by molar-refractivity contribution is 7.89. The number of nitrogens with zero attached hydrogens (tertiary/aromatic N) is 1. The van der Waals surface area contributed by atoms with Gasteiger partial charge in [-0.3, -0.25) is 4.98 Å². The monoisotopic (exact) mass is 287 g/mol. The lowest BCUT2D eigenvalue weighted by Crippen LogP contribution is -2.23. The minimum Gasteiger partial charge on any atom is -0.396 e. The van der Waals surface area contributed by atoms with Gasteiger partial charge in [-0.2, -0.15) is 0 Å². The minimum absolute atomic E-state index is 0.0640. The molecule has 1 aromatic carbocycles. The van der Waals surface area contributed by atoms with Gasteiger partial charge in [0.2, 0.25) is 10.0 Å². The van der Waals surface area contributed by atoms with E-state index < -0.39 is 15.8 Å². The van der Waals surface area contributed by atoms with Crippen LogP contribution in [0.25, 0.3) is 0 Å². The largest absolute Gasteiger partial charge is 0.396 e. The molecule has 1 aromatic heterocycles. The van der Waals surface area contributed by atoms with Crippen LogP contribution in [0.1, 0.15) is 4.88 Å². The van der Waals surface area contributed by atoms with Gasteiger partial charge in [0.1, 0.15) is 5.82 Å². The molecule has 0 aliphatic heterocycles. The van der Waals surface area contributed by atoms with Gasteiger partial charge in [-0.25, -0.2) is 17.5 Å². The van der Waals surface area contributed by atoms with Crippen molar-refractivity contribution >= 4 is 27.0 Å². The molecule has 2 rings (SSSR count). The van der Waals surface area contributed by atoms with Crippen LogP contribution in [-0.4, -0.2) is 13.4 Å². The zero-order valence-electron chi connectivity index (χ0n) is 9.13. The number of benzene rings is 1. The quantitative estimate of drug-likeness (QED) is 0.831. The normalized spacial score (nSPS) is 11.6. The second kappa shape index (κ2) is 5.01. The third kappa shape index (κ3) is 2.84. The Bertz CT molecular complexity index is 641. The Morgan fingerprint density at radius 1 is 1.44 bits per heavy atom. The first-order valence-electron chi connectivity index (χ1n) is 4.91. The fourth-order valence-electron chi connectivity index (χ4n) is 1.27. The Hall–Kier alpha value is -1.51. The Labute approximate surface area is 108 Å². The highest BCUT2D eigenvalue weighted by Gasteiger charge is 2.15. The van der Waals surface area contributed by atoms with E-state index in [9.17, 15) is 12.8 Å². The standard InChI is InChI=1S/C10H10FN3O2S2/c11-9-2-1-8(3-10(9)12)18(15,16)14-5-7-4-13-6-17-7/h1-4,6,14H,5,12H2. The maximum absolute atomic E-state index is 12.9. The molecule has 3 N–H and O–H groups in total. The van der Waals surface area contributed by atoms with Crippen molar-refractivity contribution < 1.29 is 12.8 Å². The molecular formula is C10H10FN3O2S2. The molecule has 0 atom stereocenters. The van der Waals surface area contributed by atoms with Gasteiger partial charge in [0.05, 0.1) is 16.1 Å². The minimum atomic E-state index is -3.69. The maximum atomic E-state index is 12.9. The Balaban J connectivity index is 2.17. The summed E-state index contributed by atoms with van der Waals surface area (Å²) in [6, 6.07) is 3.28. The lowest BCUT2D eigenvalue weighted by molar-refractivity contribution is 0.581. The summed E-state index contributed by atoms with van der Waals surface area (Å²) in [7, 11) is -3.69. The fraction of sp³-hybridized carbons (Fsp3) is 0.100. The number of nitrogen functional groups attached to an aromatic ring is 1. The zero-order valence-corrected chi connectivity index (χ0v) is 10.8. The summed E-state index contributed by atoms with van der Waals surface area (Å²) >= 11 is 1.34. The van der Waals surface area contributed by atoms with Crippen molar-refractivity contribution in [2.75, 3.05) is 5.73 Å². The van der Waals surface area contributed by atoms with Crippen molar-refractivity contribution in [3.63, 3.8) is 0 Å². The molecule has 0 fully saturated rings. The lowest BCUT2D eigenvalue weighted by atomic mass is 10.3. The van der Waals surface area contributed by atoms with Crippen molar-refractivity contribution in [1.82, 2.24) is 9.71 Å². The zero-order chi connectivity index (χ0) is 13.2. The number of rotatable bonds is 4. The molecule has 0 unspecified atom stereocenters. The van der Waals surface area contributed by atoms with Gasteiger partial charge >= 0.3 is 0 Å². The molecule has 1 heterocycles. The summed E-state index contributed by atoms with van der Waals surface area (Å²) in [6.07, 6.45) is 1.58. The van der Waals surface area contributed by atoms with Gasteiger partial charge in [0, 0.05) is 17.6 Å². The predicted molar refractivity (Wildman–Crippen MR) is 67.0 cm³/mol. The van der Waals surface area contributed by atoms with Crippen molar-refractivity contribution in [2.45, 2.75) is 11.4 Å². The smallest absolute Gasteiger partial charge is 0.240 e. The van der Waals surface area contributed by atoms with Crippen molar-refractivity contribution in [1.29, 1.82) is 0 Å². The summed E-state index contributed by atoms with van der Waals surface area (Å²) < 4.78 is 39.1. The predicted octanol–water partition coefficient (Wildman–Crippen LogP) is 1.34. The van der Waals surface area contributed by atoms with E-state index in [-0.39, 0.29) is 17.1 Å². The first kappa shape index (κ1) is 12.9. The second-order valence-electron chi connectivity index (χ2n) is 3.48. The maximum Gasteiger partial charge on any atom is 0.240 e. The number of nitrogens with one attached hydrogen (secondary N) is 1. The molecule has 0 aliphatic rings. The summed E-state index contributed by atoms with van der Waals surface area (Å²) in [5, 5.41) is 0. The summed E-state index contributed by atoms with van der Waals surface area (Å²) in [5.41, 5.74) is 6.75. The van der Waals surface area contributed by atoms with E-state index in [1.165, 1.54) is 17.4 Å². The van der Waals surface area contributed by atoms with E-state index in [0.29, 0.717) is 0 Å². The van der Waals surface area contributed by atoms with Crippen LogP contribution in [0.15, 0.2) is 34.8 Å². The van der Waals surface area contributed by atoms with Crippen molar-refractivity contribution in [3.05, 3.63) is 40.6 Å². The molecule has 0 bridgehead atoms. The van der Waals surface area contributed by atoms with Gasteiger partial charge < -0.3 is 5.73 Å². The third-order valence-corrected chi connectivity index (χ3v) is 4.38. The number of anilines is 1. The number of thiazole rings is 1. The number of halogens is 1. The van der Waals surface area contributed by atoms with Crippen LogP contribution in [0.5, 0.6) is 0 Å². The molecule has 2 aromatic rings. The number of nitrogens with two attached hydrogens (primary N) is 1. The third-order valence-electron chi connectivity index (χ3n) is 2.20. The van der Waals surface area contributed by atoms with E-state index in [0.717, 1.165) is 17.0 Å². The fourth-order valence-corrected chi connectivity index (χ4v) is 2.94. The van der Waals surface area contributed by atoms with Gasteiger partial charge in [0.25, 0.3) is 0 Å². The molecule has 96 valence electrons. The topological polar surface area (TPSA) is 85.1 Å². The van der Waals surface area contributed by atoms with E-state index in [4.69, 9.17) is 5.73 Å². The number of hydrogen-bond donors (Lipinski definition) is 2. The average Bonchev–Trinajstić information content (AvgIpc) is 2.83. The van der Waals surface area contributed by atoms with Crippen LogP contribution in [0.4, 0.5) is 10.1 Å². The number of aromatic nitrogens is 1. The molecule has 18 heavy (non-hydrogen) atoms. The molecule has 0 saturated carbocycles. The molecule has 0 radical (unpaired) electrons. The van der Waals surface area contributed by atoms with Crippen molar-refractivity contribution in [3.8, 4) is 0 Å².